The Morgan fingerprint density at radius 1 is 1.36 bits per heavy atom. The smallest absolute Gasteiger partial charge is 0.335 e. The lowest BCUT2D eigenvalue weighted by atomic mass is 10.1. The molecule has 1 aliphatic heterocycles. The predicted octanol–water partition coefficient (Wildman–Crippen LogP) is 2.65. The molecule has 1 unspecified atom stereocenters. The molecule has 22 heavy (non-hydrogen) atoms. The van der Waals surface area contributed by atoms with Gasteiger partial charge in [-0.3, -0.25) is 0 Å². The number of anilines is 1. The zero-order valence-electron chi connectivity index (χ0n) is 12.7. The highest BCUT2D eigenvalue weighted by molar-refractivity contribution is 7.14. The van der Waals surface area contributed by atoms with Crippen molar-refractivity contribution in [2.75, 3.05) is 32.1 Å². The minimum absolute atomic E-state index is 0.299. The molecule has 6 heteroatoms. The minimum atomic E-state index is -0.905. The van der Waals surface area contributed by atoms with Crippen molar-refractivity contribution in [3.05, 3.63) is 35.2 Å². The van der Waals surface area contributed by atoms with Gasteiger partial charge in [0.15, 0.2) is 5.13 Å². The lowest BCUT2D eigenvalue weighted by Gasteiger charge is -2.19. The van der Waals surface area contributed by atoms with E-state index < -0.39 is 5.97 Å². The summed E-state index contributed by atoms with van der Waals surface area (Å²) < 4.78 is 0. The lowest BCUT2D eigenvalue weighted by Crippen LogP contribution is -2.31. The Morgan fingerprint density at radius 2 is 2.09 bits per heavy atom. The van der Waals surface area contributed by atoms with Gasteiger partial charge in [-0.05, 0) is 32.6 Å². The van der Waals surface area contributed by atoms with Crippen molar-refractivity contribution in [3.8, 4) is 11.3 Å². The Hall–Kier alpha value is -1.92. The summed E-state index contributed by atoms with van der Waals surface area (Å²) >= 11 is 1.65. The van der Waals surface area contributed by atoms with Crippen LogP contribution in [0.2, 0.25) is 0 Å². The first-order valence-corrected chi connectivity index (χ1v) is 8.13. The van der Waals surface area contributed by atoms with E-state index in [9.17, 15) is 4.79 Å². The lowest BCUT2D eigenvalue weighted by molar-refractivity contribution is 0.0697. The summed E-state index contributed by atoms with van der Waals surface area (Å²) in [6.07, 6.45) is 1.16. The quantitative estimate of drug-likeness (QED) is 0.939. The van der Waals surface area contributed by atoms with E-state index in [-0.39, 0.29) is 0 Å². The number of likely N-dealkylation sites (N-methyl/N-ethyl adjacent to an activating group) is 1. The fraction of sp³-hybridized carbons (Fsp3) is 0.375. The first kappa shape index (κ1) is 15.0. The van der Waals surface area contributed by atoms with Gasteiger partial charge < -0.3 is 14.9 Å². The second-order valence-electron chi connectivity index (χ2n) is 5.75. The number of thiazole rings is 1. The molecule has 2 heterocycles. The Balaban J connectivity index is 1.75. The molecule has 116 valence electrons. The fourth-order valence-electron chi connectivity index (χ4n) is 2.66. The Labute approximate surface area is 133 Å². The van der Waals surface area contributed by atoms with Crippen molar-refractivity contribution in [3.63, 3.8) is 0 Å². The third-order valence-electron chi connectivity index (χ3n) is 4.08. The number of rotatable bonds is 4. The molecule has 3 rings (SSSR count). The summed E-state index contributed by atoms with van der Waals surface area (Å²) in [7, 11) is 4.23. The topological polar surface area (TPSA) is 56.7 Å². The third-order valence-corrected chi connectivity index (χ3v) is 4.99. The molecule has 5 nitrogen and oxygen atoms in total. The molecule has 1 fully saturated rings. The van der Waals surface area contributed by atoms with Crippen molar-refractivity contribution in [1.82, 2.24) is 9.88 Å². The molecular formula is C16H19N3O2S. The monoisotopic (exact) mass is 317 g/mol. The van der Waals surface area contributed by atoms with Gasteiger partial charge in [0.2, 0.25) is 0 Å². The predicted molar refractivity (Wildman–Crippen MR) is 88.8 cm³/mol. The number of hydrogen-bond acceptors (Lipinski definition) is 5. The van der Waals surface area contributed by atoms with Crippen LogP contribution in [0.4, 0.5) is 5.13 Å². The van der Waals surface area contributed by atoms with E-state index >= 15 is 0 Å². The van der Waals surface area contributed by atoms with Crippen LogP contribution in [0.25, 0.3) is 11.3 Å². The molecule has 0 aliphatic carbocycles. The van der Waals surface area contributed by atoms with Gasteiger partial charge in [0.25, 0.3) is 0 Å². The zero-order chi connectivity index (χ0) is 15.7. The average Bonchev–Trinajstić information content (AvgIpc) is 3.16. The van der Waals surface area contributed by atoms with Crippen molar-refractivity contribution >= 4 is 22.4 Å². The molecule has 1 aromatic carbocycles. The molecule has 1 saturated heterocycles. The zero-order valence-corrected chi connectivity index (χ0v) is 13.5. The number of carboxylic acids is 1. The van der Waals surface area contributed by atoms with Crippen molar-refractivity contribution in [2.24, 2.45) is 0 Å². The van der Waals surface area contributed by atoms with Gasteiger partial charge in [-0.2, -0.15) is 0 Å². The van der Waals surface area contributed by atoms with Gasteiger partial charge in [-0.15, -0.1) is 11.3 Å². The molecule has 0 radical (unpaired) electrons. The van der Waals surface area contributed by atoms with E-state index in [2.05, 4.69) is 23.9 Å². The molecule has 1 N–H and O–H groups in total. The molecular weight excluding hydrogens is 298 g/mol. The molecule has 0 saturated carbocycles. The van der Waals surface area contributed by atoms with Crippen LogP contribution in [-0.4, -0.2) is 54.2 Å². The maximum Gasteiger partial charge on any atom is 0.335 e. The van der Waals surface area contributed by atoms with Crippen LogP contribution in [0, 0.1) is 0 Å². The average molecular weight is 317 g/mol. The number of nitrogens with zero attached hydrogens (tertiary/aromatic N) is 3. The highest BCUT2D eigenvalue weighted by atomic mass is 32.1. The Bertz CT molecular complexity index is 666. The highest BCUT2D eigenvalue weighted by Gasteiger charge is 2.25. The van der Waals surface area contributed by atoms with E-state index in [0.29, 0.717) is 11.6 Å². The van der Waals surface area contributed by atoms with E-state index in [1.165, 1.54) is 0 Å². The van der Waals surface area contributed by atoms with Gasteiger partial charge in [-0.1, -0.05) is 12.1 Å². The summed E-state index contributed by atoms with van der Waals surface area (Å²) in [4.78, 5) is 20.2. The van der Waals surface area contributed by atoms with Crippen LogP contribution in [0.15, 0.2) is 29.6 Å². The van der Waals surface area contributed by atoms with E-state index in [1.807, 2.05) is 17.5 Å². The number of carboxylic acid groups (broad SMARTS) is 1. The number of benzene rings is 1. The summed E-state index contributed by atoms with van der Waals surface area (Å²) in [6.45, 7) is 2.05. The second kappa shape index (κ2) is 6.06. The van der Waals surface area contributed by atoms with Gasteiger partial charge in [0, 0.05) is 30.1 Å². The van der Waals surface area contributed by atoms with Crippen LogP contribution < -0.4 is 4.90 Å². The number of hydrogen-bond donors (Lipinski definition) is 1. The number of aromatic carboxylic acids is 1. The Morgan fingerprint density at radius 3 is 2.68 bits per heavy atom. The van der Waals surface area contributed by atoms with Crippen molar-refractivity contribution in [1.29, 1.82) is 0 Å². The normalized spacial score (nSPS) is 18.1. The Kier molecular flexibility index (Phi) is 4.13. The summed E-state index contributed by atoms with van der Waals surface area (Å²) in [6, 6.07) is 7.45. The van der Waals surface area contributed by atoms with Gasteiger partial charge in [0.05, 0.1) is 11.3 Å². The molecule has 2 aromatic rings. The van der Waals surface area contributed by atoms with Gasteiger partial charge in [-0.25, -0.2) is 9.78 Å². The van der Waals surface area contributed by atoms with Crippen LogP contribution in [0.3, 0.4) is 0 Å². The number of carbonyl (C=O) groups is 1. The van der Waals surface area contributed by atoms with Crippen molar-refractivity contribution in [2.45, 2.75) is 12.5 Å². The van der Waals surface area contributed by atoms with Crippen LogP contribution in [0.5, 0.6) is 0 Å². The summed E-state index contributed by atoms with van der Waals surface area (Å²) in [5.41, 5.74) is 2.16. The largest absolute Gasteiger partial charge is 0.478 e. The van der Waals surface area contributed by atoms with E-state index in [1.54, 1.807) is 23.5 Å². The van der Waals surface area contributed by atoms with E-state index in [4.69, 9.17) is 10.1 Å². The summed E-state index contributed by atoms with van der Waals surface area (Å²) in [5, 5.41) is 12.0. The van der Waals surface area contributed by atoms with Crippen LogP contribution >= 0.6 is 11.3 Å². The van der Waals surface area contributed by atoms with Crippen LogP contribution in [0.1, 0.15) is 16.8 Å². The van der Waals surface area contributed by atoms with Gasteiger partial charge >= 0.3 is 5.97 Å². The van der Waals surface area contributed by atoms with Crippen LogP contribution in [-0.2, 0) is 0 Å². The SMILES string of the molecule is CN(C)C1CCN(c2nc(-c3ccc(C(=O)O)cc3)cs2)C1. The maximum absolute atomic E-state index is 10.9. The number of aromatic nitrogens is 1. The first-order valence-electron chi connectivity index (χ1n) is 7.25. The minimum Gasteiger partial charge on any atom is -0.478 e. The third kappa shape index (κ3) is 2.98. The molecule has 0 bridgehead atoms. The second-order valence-corrected chi connectivity index (χ2v) is 6.59. The summed E-state index contributed by atoms with van der Waals surface area (Å²) in [5.74, 6) is -0.905. The molecule has 1 aromatic heterocycles. The van der Waals surface area contributed by atoms with E-state index in [0.717, 1.165) is 35.9 Å². The molecule has 0 spiro atoms. The van der Waals surface area contributed by atoms with Crippen molar-refractivity contribution < 1.29 is 9.90 Å². The fourth-order valence-corrected chi connectivity index (χ4v) is 3.53. The molecule has 1 aliphatic rings. The maximum atomic E-state index is 10.9. The molecule has 0 amide bonds. The standard InChI is InChI=1S/C16H19N3O2S/c1-18(2)13-7-8-19(9-13)16-17-14(10-22-16)11-3-5-12(6-4-11)15(20)21/h3-6,10,13H,7-9H2,1-2H3,(H,20,21). The molecule has 1 atom stereocenters. The first-order chi connectivity index (χ1) is 10.5. The highest BCUT2D eigenvalue weighted by Crippen LogP contribution is 2.30. The van der Waals surface area contributed by atoms with Gasteiger partial charge in [0.1, 0.15) is 0 Å².